The van der Waals surface area contributed by atoms with Crippen molar-refractivity contribution in [3.8, 4) is 0 Å². The summed E-state index contributed by atoms with van der Waals surface area (Å²) in [5.74, 6) is -3.57. The molecule has 0 aliphatic carbocycles. The number of nitrogens with zero attached hydrogens (tertiary/aromatic N) is 1. The SMILES string of the molecule is CC(=O)CCC(=O)OC[C@H]1O[C@@H](O[C@H]2[C@H](OCc3ccccc3)[C@@H](N3C(=O)c4ccccc4C3=O)[C@H](F)O[C@@H]2COCc2ccccc2)[C@H](OCc2ccccc2)[C@@H](OC(=O)CCC(C)=O)[C@H]1OCc1ccccc1. The highest BCUT2D eigenvalue weighted by molar-refractivity contribution is 6.21. The summed E-state index contributed by atoms with van der Waals surface area (Å²) >= 11 is 0. The van der Waals surface area contributed by atoms with Crippen molar-refractivity contribution in [1.82, 2.24) is 4.90 Å². The summed E-state index contributed by atoms with van der Waals surface area (Å²) in [6, 6.07) is 40.8. The van der Waals surface area contributed by atoms with Crippen molar-refractivity contribution >= 4 is 35.3 Å². The van der Waals surface area contributed by atoms with E-state index in [-0.39, 0.29) is 81.4 Å². The molecule has 8 rings (SSSR count). The molecule has 0 saturated carbocycles. The van der Waals surface area contributed by atoms with E-state index in [2.05, 4.69) is 0 Å². The van der Waals surface area contributed by atoms with Gasteiger partial charge in [-0.3, -0.25) is 24.1 Å². The first-order valence-electron chi connectivity index (χ1n) is 24.9. The van der Waals surface area contributed by atoms with Gasteiger partial charge in [-0.2, -0.15) is 0 Å². The van der Waals surface area contributed by atoms with Gasteiger partial charge in [0.15, 0.2) is 12.4 Å². The molecular weight excluding hydrogens is 970 g/mol. The maximum atomic E-state index is 17.4. The van der Waals surface area contributed by atoms with Gasteiger partial charge < -0.3 is 52.2 Å². The number of fused-ring (bicyclic) bond motifs is 1. The van der Waals surface area contributed by atoms with Gasteiger partial charge in [0.2, 0.25) is 6.36 Å². The van der Waals surface area contributed by atoms with Crippen molar-refractivity contribution in [1.29, 1.82) is 0 Å². The molecule has 2 fully saturated rings. The molecular formula is C58H60FNO15. The summed E-state index contributed by atoms with van der Waals surface area (Å²) < 4.78 is 75.8. The Balaban J connectivity index is 1.23. The number of imide groups is 1. The lowest BCUT2D eigenvalue weighted by Crippen LogP contribution is -2.68. The van der Waals surface area contributed by atoms with Crippen LogP contribution in [0.1, 0.15) is 82.5 Å². The monoisotopic (exact) mass is 1030 g/mol. The predicted molar refractivity (Wildman–Crippen MR) is 266 cm³/mol. The van der Waals surface area contributed by atoms with Crippen molar-refractivity contribution < 1.29 is 75.8 Å². The van der Waals surface area contributed by atoms with E-state index < -0.39 is 91.8 Å². The van der Waals surface area contributed by atoms with Gasteiger partial charge in [-0.15, -0.1) is 0 Å². The number of Topliss-reactive ketones (excluding diaryl/α,β-unsaturated/α-hetero) is 2. The van der Waals surface area contributed by atoms with E-state index in [0.29, 0.717) is 11.1 Å². The van der Waals surface area contributed by atoms with Crippen LogP contribution in [0.4, 0.5) is 4.39 Å². The topological polar surface area (TPSA) is 189 Å². The molecule has 394 valence electrons. The zero-order valence-electron chi connectivity index (χ0n) is 41.6. The largest absolute Gasteiger partial charge is 0.463 e. The zero-order chi connectivity index (χ0) is 52.7. The average molecular weight is 1030 g/mol. The Kier molecular flexibility index (Phi) is 19.3. The second-order valence-electron chi connectivity index (χ2n) is 18.5. The van der Waals surface area contributed by atoms with E-state index in [1.165, 1.54) is 26.0 Å². The first-order valence-corrected chi connectivity index (χ1v) is 24.9. The van der Waals surface area contributed by atoms with Gasteiger partial charge in [0.1, 0.15) is 60.8 Å². The number of ketones is 2. The number of rotatable bonds is 25. The number of ether oxygens (including phenoxy) is 9. The van der Waals surface area contributed by atoms with E-state index in [4.69, 9.17) is 42.6 Å². The molecule has 2 saturated heterocycles. The highest BCUT2D eigenvalue weighted by Gasteiger charge is 2.58. The van der Waals surface area contributed by atoms with Crippen molar-refractivity contribution in [2.75, 3.05) is 13.2 Å². The van der Waals surface area contributed by atoms with E-state index in [1.807, 2.05) is 97.1 Å². The van der Waals surface area contributed by atoms with Crippen molar-refractivity contribution in [3.05, 3.63) is 179 Å². The molecule has 17 heteroatoms. The maximum Gasteiger partial charge on any atom is 0.306 e. The molecule has 10 atom stereocenters. The van der Waals surface area contributed by atoms with Crippen LogP contribution in [0.3, 0.4) is 0 Å². The zero-order valence-corrected chi connectivity index (χ0v) is 41.6. The normalized spacial score (nSPS) is 24.3. The molecule has 16 nitrogen and oxygen atoms in total. The summed E-state index contributed by atoms with van der Waals surface area (Å²) in [6.45, 7) is 1.64. The van der Waals surface area contributed by atoms with E-state index in [0.717, 1.165) is 16.0 Å². The third-order valence-electron chi connectivity index (χ3n) is 12.9. The molecule has 0 N–H and O–H groups in total. The summed E-state index contributed by atoms with van der Waals surface area (Å²) in [6.07, 6.45) is -14.5. The minimum Gasteiger partial charge on any atom is -0.463 e. The molecule has 5 aromatic carbocycles. The predicted octanol–water partition coefficient (Wildman–Crippen LogP) is 7.62. The third kappa shape index (κ3) is 14.5. The standard InChI is InChI=1S/C58H60FNO15/c1-37(61)27-29-47(63)68-36-46-50(69-32-40-19-9-4-10-20-40)53(74-48(64)30-28-38(2)62)54(71-34-42-23-13-6-14-24-42)58(73-46)75-51-45(35-67-31-39-17-7-3-8-18-39)72-55(59)49(52(51)70-33-41-21-11-5-12-22-41)60-56(65)43-25-15-16-26-44(43)57(60)66/h3-26,45-46,49-55,58H,27-36H2,1-2H3/t45-,46-,49-,50+,51-,52-,53+,54-,55-,58+/m1/s1. The van der Waals surface area contributed by atoms with Crippen LogP contribution in [0.2, 0.25) is 0 Å². The smallest absolute Gasteiger partial charge is 0.306 e. The number of amides is 2. The van der Waals surface area contributed by atoms with E-state index in [9.17, 15) is 28.8 Å². The Bertz CT molecular complexity index is 2660. The van der Waals surface area contributed by atoms with E-state index in [1.54, 1.807) is 36.4 Å². The van der Waals surface area contributed by atoms with Crippen molar-refractivity contribution in [3.63, 3.8) is 0 Å². The Morgan fingerprint density at radius 3 is 1.44 bits per heavy atom. The molecule has 0 unspecified atom stereocenters. The lowest BCUT2D eigenvalue weighted by molar-refractivity contribution is -0.357. The molecule has 75 heavy (non-hydrogen) atoms. The van der Waals surface area contributed by atoms with Crippen LogP contribution >= 0.6 is 0 Å². The fourth-order valence-electron chi connectivity index (χ4n) is 9.09. The fraction of sp³-hybridized carbons (Fsp3) is 0.379. The maximum absolute atomic E-state index is 17.4. The van der Waals surface area contributed by atoms with Crippen molar-refractivity contribution in [2.24, 2.45) is 0 Å². The number of benzene rings is 5. The van der Waals surface area contributed by atoms with Crippen LogP contribution < -0.4 is 0 Å². The Hall–Kier alpha value is -6.83. The molecule has 3 aliphatic rings. The lowest BCUT2D eigenvalue weighted by Gasteiger charge is -2.50. The average Bonchev–Trinajstić information content (AvgIpc) is 3.67. The number of hydrogen-bond donors (Lipinski definition) is 0. The van der Waals surface area contributed by atoms with Gasteiger partial charge in [-0.1, -0.05) is 133 Å². The second kappa shape index (κ2) is 26.6. The Morgan fingerprint density at radius 2 is 0.933 bits per heavy atom. The molecule has 0 aromatic heterocycles. The van der Waals surface area contributed by atoms with Gasteiger partial charge in [-0.25, -0.2) is 4.39 Å². The number of carbonyl (C=O) groups is 6. The van der Waals surface area contributed by atoms with Gasteiger partial charge >= 0.3 is 11.9 Å². The Morgan fingerprint density at radius 1 is 0.493 bits per heavy atom. The summed E-state index contributed by atoms with van der Waals surface area (Å²) in [5, 5.41) is 0. The highest BCUT2D eigenvalue weighted by Crippen LogP contribution is 2.39. The quantitative estimate of drug-likeness (QED) is 0.0410. The molecule has 2 amide bonds. The highest BCUT2D eigenvalue weighted by atomic mass is 19.1. The minimum absolute atomic E-state index is 0.0470. The Labute approximate surface area is 434 Å². The first-order chi connectivity index (χ1) is 36.4. The van der Waals surface area contributed by atoms with Crippen LogP contribution in [0, 0.1) is 0 Å². The summed E-state index contributed by atoms with van der Waals surface area (Å²) in [4.78, 5) is 80.7. The molecule has 3 heterocycles. The van der Waals surface area contributed by atoms with Gasteiger partial charge in [0.05, 0.1) is 57.0 Å². The van der Waals surface area contributed by atoms with Crippen LogP contribution in [-0.2, 0) is 88.2 Å². The number of hydrogen-bond acceptors (Lipinski definition) is 15. The van der Waals surface area contributed by atoms with Crippen LogP contribution in [-0.4, -0.2) is 115 Å². The molecule has 5 aromatic rings. The van der Waals surface area contributed by atoms with Crippen LogP contribution in [0.5, 0.6) is 0 Å². The summed E-state index contributed by atoms with van der Waals surface area (Å²) in [7, 11) is 0. The van der Waals surface area contributed by atoms with Gasteiger partial charge in [-0.05, 0) is 48.2 Å². The van der Waals surface area contributed by atoms with Crippen LogP contribution in [0.25, 0.3) is 0 Å². The number of esters is 2. The second-order valence-corrected chi connectivity index (χ2v) is 18.5. The van der Waals surface area contributed by atoms with Crippen molar-refractivity contribution in [2.45, 2.75) is 127 Å². The fourth-order valence-corrected chi connectivity index (χ4v) is 9.09. The molecule has 0 radical (unpaired) electrons. The van der Waals surface area contributed by atoms with Crippen LogP contribution in [0.15, 0.2) is 146 Å². The lowest BCUT2D eigenvalue weighted by atomic mass is 9.94. The third-order valence-corrected chi connectivity index (χ3v) is 12.9. The van der Waals surface area contributed by atoms with Gasteiger partial charge in [0, 0.05) is 12.8 Å². The minimum atomic E-state index is -2.34. The summed E-state index contributed by atoms with van der Waals surface area (Å²) in [5.41, 5.74) is 3.01. The number of halogens is 1. The first kappa shape index (κ1) is 54.4. The number of carbonyl (C=O) groups excluding carboxylic acids is 6. The van der Waals surface area contributed by atoms with Gasteiger partial charge in [0.25, 0.3) is 11.8 Å². The molecule has 0 spiro atoms. The molecule has 3 aliphatic heterocycles. The molecule has 0 bridgehead atoms. The van der Waals surface area contributed by atoms with E-state index >= 15 is 4.39 Å². The number of alkyl halides is 1.